The summed E-state index contributed by atoms with van der Waals surface area (Å²) in [6, 6.07) is 6.30. The fraction of sp³-hybridized carbons (Fsp3) is 0.400. The number of nitrogens with two attached hydrogens (primary N) is 1. The Bertz CT molecular complexity index is 308. The second-order valence-electron chi connectivity index (χ2n) is 3.32. The molecule has 13 heavy (non-hydrogen) atoms. The zero-order valence-corrected chi connectivity index (χ0v) is 9.05. The predicted octanol–water partition coefficient (Wildman–Crippen LogP) is 2.12. The van der Waals surface area contributed by atoms with E-state index < -0.39 is 0 Å². The second-order valence-corrected chi connectivity index (χ2v) is 4.23. The van der Waals surface area contributed by atoms with Gasteiger partial charge in [-0.05, 0) is 24.1 Å². The molecule has 1 aromatic carbocycles. The average Bonchev–Trinajstić information content (AvgIpc) is 2.02. The highest BCUT2D eigenvalue weighted by molar-refractivity contribution is 9.10. The summed E-state index contributed by atoms with van der Waals surface area (Å²) in [7, 11) is 0. The van der Waals surface area contributed by atoms with E-state index in [0.29, 0.717) is 6.54 Å². The van der Waals surface area contributed by atoms with Crippen LogP contribution in [0.2, 0.25) is 0 Å². The molecular formula is C10H13BrN2. The lowest BCUT2D eigenvalue weighted by Gasteiger charge is -2.34. The van der Waals surface area contributed by atoms with Crippen LogP contribution in [0.25, 0.3) is 0 Å². The SMILES string of the molecule is NCc1ccc(Br)cc1N1CCC1. The monoisotopic (exact) mass is 240 g/mol. The third-order valence-electron chi connectivity index (χ3n) is 2.46. The Morgan fingerprint density at radius 1 is 1.38 bits per heavy atom. The van der Waals surface area contributed by atoms with Gasteiger partial charge < -0.3 is 10.6 Å². The molecule has 2 rings (SSSR count). The number of halogens is 1. The van der Waals surface area contributed by atoms with Gasteiger partial charge in [-0.2, -0.15) is 0 Å². The lowest BCUT2D eigenvalue weighted by molar-refractivity contribution is 0.614. The summed E-state index contributed by atoms with van der Waals surface area (Å²) in [5, 5.41) is 0. The topological polar surface area (TPSA) is 29.3 Å². The molecule has 2 N–H and O–H groups in total. The van der Waals surface area contributed by atoms with Crippen molar-refractivity contribution in [3.8, 4) is 0 Å². The summed E-state index contributed by atoms with van der Waals surface area (Å²) >= 11 is 3.48. The van der Waals surface area contributed by atoms with E-state index in [9.17, 15) is 0 Å². The Morgan fingerprint density at radius 2 is 2.15 bits per heavy atom. The molecule has 0 spiro atoms. The summed E-state index contributed by atoms with van der Waals surface area (Å²) < 4.78 is 1.13. The lowest BCUT2D eigenvalue weighted by Crippen LogP contribution is -2.37. The van der Waals surface area contributed by atoms with Crippen molar-refractivity contribution in [1.82, 2.24) is 0 Å². The molecule has 70 valence electrons. The normalized spacial score (nSPS) is 15.7. The van der Waals surface area contributed by atoms with Crippen molar-refractivity contribution >= 4 is 21.6 Å². The maximum absolute atomic E-state index is 5.68. The van der Waals surface area contributed by atoms with Gasteiger partial charge in [-0.15, -0.1) is 0 Å². The Balaban J connectivity index is 2.33. The van der Waals surface area contributed by atoms with Gasteiger partial charge in [0.1, 0.15) is 0 Å². The zero-order chi connectivity index (χ0) is 9.26. The summed E-state index contributed by atoms with van der Waals surface area (Å²) in [5.41, 5.74) is 8.21. The van der Waals surface area contributed by atoms with Crippen molar-refractivity contribution in [2.75, 3.05) is 18.0 Å². The fourth-order valence-corrected chi connectivity index (χ4v) is 1.91. The van der Waals surface area contributed by atoms with Crippen LogP contribution in [0.15, 0.2) is 22.7 Å². The largest absolute Gasteiger partial charge is 0.371 e. The van der Waals surface area contributed by atoms with Crippen molar-refractivity contribution in [3.63, 3.8) is 0 Å². The van der Waals surface area contributed by atoms with E-state index in [4.69, 9.17) is 5.73 Å². The summed E-state index contributed by atoms with van der Waals surface area (Å²) in [4.78, 5) is 2.37. The van der Waals surface area contributed by atoms with Crippen LogP contribution < -0.4 is 10.6 Å². The molecule has 1 heterocycles. The summed E-state index contributed by atoms with van der Waals surface area (Å²) in [5.74, 6) is 0. The maximum atomic E-state index is 5.68. The van der Waals surface area contributed by atoms with Crippen LogP contribution in [-0.2, 0) is 6.54 Å². The van der Waals surface area contributed by atoms with Gasteiger partial charge in [-0.3, -0.25) is 0 Å². The third kappa shape index (κ3) is 1.71. The highest BCUT2D eigenvalue weighted by Crippen LogP contribution is 2.28. The van der Waals surface area contributed by atoms with E-state index in [0.717, 1.165) is 4.47 Å². The quantitative estimate of drug-likeness (QED) is 0.859. The molecule has 1 aliphatic rings. The highest BCUT2D eigenvalue weighted by atomic mass is 79.9. The van der Waals surface area contributed by atoms with Crippen LogP contribution in [0.4, 0.5) is 5.69 Å². The fourth-order valence-electron chi connectivity index (χ4n) is 1.56. The molecule has 3 heteroatoms. The Kier molecular flexibility index (Phi) is 2.56. The van der Waals surface area contributed by atoms with Gasteiger partial charge in [0, 0.05) is 29.8 Å². The summed E-state index contributed by atoms with van der Waals surface area (Å²) in [6.45, 7) is 2.96. The van der Waals surface area contributed by atoms with Gasteiger partial charge in [0.05, 0.1) is 0 Å². The lowest BCUT2D eigenvalue weighted by atomic mass is 10.1. The number of anilines is 1. The smallest absolute Gasteiger partial charge is 0.0423 e. The Morgan fingerprint density at radius 3 is 2.69 bits per heavy atom. The molecule has 2 nitrogen and oxygen atoms in total. The van der Waals surface area contributed by atoms with Crippen LogP contribution in [0.1, 0.15) is 12.0 Å². The van der Waals surface area contributed by atoms with E-state index in [2.05, 4.69) is 33.0 Å². The van der Waals surface area contributed by atoms with Crippen molar-refractivity contribution in [1.29, 1.82) is 0 Å². The molecule has 0 aromatic heterocycles. The molecule has 0 amide bonds. The predicted molar refractivity (Wildman–Crippen MR) is 58.9 cm³/mol. The number of hydrogen-bond acceptors (Lipinski definition) is 2. The Hall–Kier alpha value is -0.540. The van der Waals surface area contributed by atoms with Crippen LogP contribution in [0.3, 0.4) is 0 Å². The van der Waals surface area contributed by atoms with E-state index in [1.165, 1.54) is 30.8 Å². The van der Waals surface area contributed by atoms with Crippen molar-refractivity contribution < 1.29 is 0 Å². The first-order valence-corrected chi connectivity index (χ1v) is 5.34. The summed E-state index contributed by atoms with van der Waals surface area (Å²) in [6.07, 6.45) is 1.30. The molecule has 1 saturated heterocycles. The maximum Gasteiger partial charge on any atom is 0.0423 e. The number of rotatable bonds is 2. The van der Waals surface area contributed by atoms with Crippen molar-refractivity contribution in [2.45, 2.75) is 13.0 Å². The standard InChI is InChI=1S/C10H13BrN2/c11-9-3-2-8(7-12)10(6-9)13-4-1-5-13/h2-3,6H,1,4-5,7,12H2. The third-order valence-corrected chi connectivity index (χ3v) is 2.96. The first-order chi connectivity index (χ1) is 6.31. The Labute approximate surface area is 86.9 Å². The highest BCUT2D eigenvalue weighted by Gasteiger charge is 2.16. The van der Waals surface area contributed by atoms with E-state index in [1.54, 1.807) is 0 Å². The minimum atomic E-state index is 0.624. The van der Waals surface area contributed by atoms with Crippen molar-refractivity contribution in [2.24, 2.45) is 5.73 Å². The zero-order valence-electron chi connectivity index (χ0n) is 7.46. The van der Waals surface area contributed by atoms with Gasteiger partial charge in [-0.1, -0.05) is 22.0 Å². The molecule has 0 atom stereocenters. The average molecular weight is 241 g/mol. The molecule has 0 aliphatic carbocycles. The molecule has 1 aromatic rings. The van der Waals surface area contributed by atoms with Crippen LogP contribution >= 0.6 is 15.9 Å². The molecule has 1 aliphatic heterocycles. The number of hydrogen-bond donors (Lipinski definition) is 1. The first-order valence-electron chi connectivity index (χ1n) is 4.54. The van der Waals surface area contributed by atoms with Gasteiger partial charge in [0.25, 0.3) is 0 Å². The molecule has 0 saturated carbocycles. The minimum absolute atomic E-state index is 0.624. The molecule has 0 unspecified atom stereocenters. The first kappa shape index (κ1) is 9.03. The van der Waals surface area contributed by atoms with Gasteiger partial charge in [0.2, 0.25) is 0 Å². The van der Waals surface area contributed by atoms with Gasteiger partial charge in [-0.25, -0.2) is 0 Å². The van der Waals surface area contributed by atoms with Crippen LogP contribution in [0, 0.1) is 0 Å². The van der Waals surface area contributed by atoms with Crippen LogP contribution in [0.5, 0.6) is 0 Å². The molecule has 0 bridgehead atoms. The minimum Gasteiger partial charge on any atom is -0.371 e. The number of nitrogens with zero attached hydrogens (tertiary/aromatic N) is 1. The van der Waals surface area contributed by atoms with Crippen LogP contribution in [-0.4, -0.2) is 13.1 Å². The van der Waals surface area contributed by atoms with Gasteiger partial charge in [0.15, 0.2) is 0 Å². The second kappa shape index (κ2) is 3.68. The molecule has 1 fully saturated rings. The van der Waals surface area contributed by atoms with E-state index in [-0.39, 0.29) is 0 Å². The molecule has 0 radical (unpaired) electrons. The molecular weight excluding hydrogens is 228 g/mol. The van der Waals surface area contributed by atoms with E-state index in [1.807, 2.05) is 6.07 Å². The van der Waals surface area contributed by atoms with Crippen molar-refractivity contribution in [3.05, 3.63) is 28.2 Å². The number of benzene rings is 1. The van der Waals surface area contributed by atoms with Gasteiger partial charge >= 0.3 is 0 Å². The van der Waals surface area contributed by atoms with E-state index >= 15 is 0 Å².